The maximum Gasteiger partial charge on any atom is 0.329 e. The van der Waals surface area contributed by atoms with Crippen molar-refractivity contribution in [3.63, 3.8) is 0 Å². The third-order valence-corrected chi connectivity index (χ3v) is 3.69. The molecule has 0 spiro atoms. The molecule has 2 amide bonds. The maximum atomic E-state index is 11.8. The first kappa shape index (κ1) is 15.4. The number of carboxylic acid groups (broad SMARTS) is 1. The van der Waals surface area contributed by atoms with Crippen LogP contribution in [0.5, 0.6) is 0 Å². The van der Waals surface area contributed by atoms with Gasteiger partial charge in [0, 0.05) is 12.5 Å². The second kappa shape index (κ2) is 6.46. The van der Waals surface area contributed by atoms with Crippen LogP contribution in [-0.2, 0) is 4.79 Å². The highest BCUT2D eigenvalue weighted by atomic mass is 16.4. The number of rotatable bonds is 4. The number of aliphatic carboxylic acids is 1. The van der Waals surface area contributed by atoms with Crippen LogP contribution < -0.4 is 10.6 Å². The van der Waals surface area contributed by atoms with Crippen molar-refractivity contribution in [3.8, 4) is 12.3 Å². The number of hydrogen-bond acceptors (Lipinski definition) is 2. The van der Waals surface area contributed by atoms with Crippen molar-refractivity contribution >= 4 is 12.0 Å². The summed E-state index contributed by atoms with van der Waals surface area (Å²) in [7, 11) is 0. The fourth-order valence-corrected chi connectivity index (χ4v) is 2.35. The molecule has 0 radical (unpaired) electrons. The average molecular weight is 266 g/mol. The summed E-state index contributed by atoms with van der Waals surface area (Å²) in [6, 6.07) is -0.627. The Bertz CT molecular complexity index is 379. The van der Waals surface area contributed by atoms with Crippen molar-refractivity contribution < 1.29 is 14.7 Å². The minimum Gasteiger partial charge on any atom is -0.480 e. The zero-order valence-electron chi connectivity index (χ0n) is 11.5. The van der Waals surface area contributed by atoms with Gasteiger partial charge in [0.05, 0.1) is 0 Å². The zero-order valence-corrected chi connectivity index (χ0v) is 11.5. The molecule has 1 aliphatic carbocycles. The van der Waals surface area contributed by atoms with Gasteiger partial charge in [-0.05, 0) is 38.5 Å². The van der Waals surface area contributed by atoms with Gasteiger partial charge in [-0.15, -0.1) is 12.3 Å². The summed E-state index contributed by atoms with van der Waals surface area (Å²) >= 11 is 0. The Morgan fingerprint density at radius 3 is 2.53 bits per heavy atom. The number of carbonyl (C=O) groups is 2. The number of carboxylic acids is 1. The van der Waals surface area contributed by atoms with E-state index < -0.39 is 17.5 Å². The molecule has 1 rings (SSSR count). The molecule has 106 valence electrons. The van der Waals surface area contributed by atoms with Crippen LogP contribution in [0.15, 0.2) is 0 Å². The molecule has 0 aliphatic heterocycles. The van der Waals surface area contributed by atoms with Gasteiger partial charge in [-0.3, -0.25) is 0 Å². The van der Waals surface area contributed by atoms with Crippen LogP contribution >= 0.6 is 0 Å². The van der Waals surface area contributed by atoms with Gasteiger partial charge in [0.1, 0.15) is 5.54 Å². The lowest BCUT2D eigenvalue weighted by molar-refractivity contribution is -0.146. The second-order valence-electron chi connectivity index (χ2n) is 5.48. The molecule has 1 atom stereocenters. The number of hydrogen-bond donors (Lipinski definition) is 3. The highest BCUT2D eigenvalue weighted by molar-refractivity contribution is 5.86. The summed E-state index contributed by atoms with van der Waals surface area (Å²) < 4.78 is 0. The van der Waals surface area contributed by atoms with Gasteiger partial charge < -0.3 is 15.7 Å². The molecule has 1 fully saturated rings. The molecule has 1 unspecified atom stereocenters. The van der Waals surface area contributed by atoms with Crippen molar-refractivity contribution in [3.05, 3.63) is 0 Å². The van der Waals surface area contributed by atoms with Crippen molar-refractivity contribution in [2.45, 2.75) is 57.5 Å². The normalized spacial score (nSPS) is 27.9. The summed E-state index contributed by atoms with van der Waals surface area (Å²) in [6.07, 6.45) is 8.15. The van der Waals surface area contributed by atoms with E-state index in [1.807, 2.05) is 0 Å². The van der Waals surface area contributed by atoms with Crippen LogP contribution in [0.25, 0.3) is 0 Å². The minimum atomic E-state index is -1.13. The maximum absolute atomic E-state index is 11.8. The number of amides is 2. The number of urea groups is 1. The highest BCUT2D eigenvalue weighted by Gasteiger charge is 2.42. The zero-order chi connectivity index (χ0) is 14.5. The fraction of sp³-hybridized carbons (Fsp3) is 0.714. The van der Waals surface area contributed by atoms with E-state index in [1.54, 1.807) is 6.92 Å². The van der Waals surface area contributed by atoms with E-state index >= 15 is 0 Å². The Balaban J connectivity index is 2.62. The van der Waals surface area contributed by atoms with Crippen molar-refractivity contribution in [2.24, 2.45) is 5.92 Å². The molecule has 0 aromatic rings. The van der Waals surface area contributed by atoms with Gasteiger partial charge in [0.15, 0.2) is 0 Å². The van der Waals surface area contributed by atoms with E-state index in [1.165, 1.54) is 0 Å². The Labute approximate surface area is 114 Å². The summed E-state index contributed by atoms with van der Waals surface area (Å²) in [5, 5.41) is 14.7. The third kappa shape index (κ3) is 4.16. The first-order valence-corrected chi connectivity index (χ1v) is 6.65. The first-order chi connectivity index (χ1) is 8.89. The highest BCUT2D eigenvalue weighted by Crippen LogP contribution is 2.32. The molecule has 1 saturated carbocycles. The Hall–Kier alpha value is -1.70. The van der Waals surface area contributed by atoms with E-state index in [4.69, 9.17) is 6.42 Å². The molecule has 5 nitrogen and oxygen atoms in total. The van der Waals surface area contributed by atoms with Gasteiger partial charge in [-0.2, -0.15) is 0 Å². The predicted molar refractivity (Wildman–Crippen MR) is 72.6 cm³/mol. The Morgan fingerprint density at radius 1 is 1.47 bits per heavy atom. The molecular formula is C14H22N2O3. The lowest BCUT2D eigenvalue weighted by Gasteiger charge is -2.36. The summed E-state index contributed by atoms with van der Waals surface area (Å²) in [4.78, 5) is 23.3. The van der Waals surface area contributed by atoms with E-state index in [2.05, 4.69) is 23.5 Å². The predicted octanol–water partition coefficient (Wildman–Crippen LogP) is 1.73. The molecule has 0 aromatic carbocycles. The largest absolute Gasteiger partial charge is 0.480 e. The average Bonchev–Trinajstić information content (AvgIpc) is 2.32. The second-order valence-corrected chi connectivity index (χ2v) is 5.48. The van der Waals surface area contributed by atoms with Crippen LogP contribution in [-0.4, -0.2) is 28.7 Å². The summed E-state index contributed by atoms with van der Waals surface area (Å²) in [5.41, 5.74) is -1.13. The molecule has 3 N–H and O–H groups in total. The van der Waals surface area contributed by atoms with Crippen LogP contribution in [0.2, 0.25) is 0 Å². The Morgan fingerprint density at radius 2 is 2.05 bits per heavy atom. The smallest absolute Gasteiger partial charge is 0.329 e. The van der Waals surface area contributed by atoms with Gasteiger partial charge in [-0.25, -0.2) is 9.59 Å². The quantitative estimate of drug-likeness (QED) is 0.678. The number of nitrogens with one attached hydrogen (secondary N) is 2. The van der Waals surface area contributed by atoms with E-state index in [9.17, 15) is 14.7 Å². The van der Waals surface area contributed by atoms with E-state index in [-0.39, 0.29) is 6.04 Å². The van der Waals surface area contributed by atoms with Crippen LogP contribution in [0.3, 0.4) is 0 Å². The molecule has 19 heavy (non-hydrogen) atoms. The van der Waals surface area contributed by atoms with Crippen molar-refractivity contribution in [1.82, 2.24) is 10.6 Å². The number of carbonyl (C=O) groups excluding carboxylic acids is 1. The number of terminal acetylenes is 1. The Kier molecular flexibility index (Phi) is 5.22. The lowest BCUT2D eigenvalue weighted by atomic mass is 9.77. The van der Waals surface area contributed by atoms with Gasteiger partial charge in [0.2, 0.25) is 0 Å². The topological polar surface area (TPSA) is 78.4 Å². The van der Waals surface area contributed by atoms with Crippen LogP contribution in [0.4, 0.5) is 4.79 Å². The van der Waals surface area contributed by atoms with Gasteiger partial charge >= 0.3 is 12.0 Å². The third-order valence-electron chi connectivity index (χ3n) is 3.69. The molecule has 5 heteroatoms. The monoisotopic (exact) mass is 266 g/mol. The van der Waals surface area contributed by atoms with Gasteiger partial charge in [0.25, 0.3) is 0 Å². The standard InChI is InChI=1S/C14H22N2O3/c1-4-5-11(3)15-13(19)16-14(12(17)18)8-6-10(2)7-9-14/h1,10-11H,5-9H2,2-3H3,(H,17,18)(H2,15,16,19). The van der Waals surface area contributed by atoms with E-state index in [0.29, 0.717) is 25.2 Å². The first-order valence-electron chi connectivity index (χ1n) is 6.65. The van der Waals surface area contributed by atoms with Crippen molar-refractivity contribution in [1.29, 1.82) is 0 Å². The van der Waals surface area contributed by atoms with Gasteiger partial charge in [-0.1, -0.05) is 6.92 Å². The van der Waals surface area contributed by atoms with Crippen LogP contribution in [0, 0.1) is 18.3 Å². The molecule has 0 bridgehead atoms. The molecule has 0 aromatic heterocycles. The molecule has 1 aliphatic rings. The minimum absolute atomic E-state index is 0.168. The fourth-order valence-electron chi connectivity index (χ4n) is 2.35. The summed E-state index contributed by atoms with van der Waals surface area (Å²) in [5.74, 6) is 2.01. The summed E-state index contributed by atoms with van der Waals surface area (Å²) in [6.45, 7) is 3.89. The SMILES string of the molecule is C#CCC(C)NC(=O)NC1(C(=O)O)CCC(C)CC1. The molecular weight excluding hydrogens is 244 g/mol. The lowest BCUT2D eigenvalue weighted by Crippen LogP contribution is -2.59. The van der Waals surface area contributed by atoms with E-state index in [0.717, 1.165) is 12.8 Å². The molecule has 0 saturated heterocycles. The van der Waals surface area contributed by atoms with Crippen molar-refractivity contribution in [2.75, 3.05) is 0 Å². The van der Waals surface area contributed by atoms with Crippen LogP contribution in [0.1, 0.15) is 46.0 Å². The molecule has 0 heterocycles.